The van der Waals surface area contributed by atoms with Crippen LogP contribution < -0.4 is 5.32 Å². The number of anilines is 1. The van der Waals surface area contributed by atoms with Gasteiger partial charge in [0.15, 0.2) is 5.82 Å². The molecule has 0 unspecified atom stereocenters. The minimum Gasteiger partial charge on any atom is -0.370 e. The van der Waals surface area contributed by atoms with Crippen molar-refractivity contribution in [2.24, 2.45) is 0 Å². The summed E-state index contributed by atoms with van der Waals surface area (Å²) in [6, 6.07) is 1.94. The number of aromatic nitrogens is 4. The highest BCUT2D eigenvalue weighted by atomic mass is 35.5. The molecule has 0 aliphatic carbocycles. The normalized spacial score (nSPS) is 10.7. The second-order valence-corrected chi connectivity index (χ2v) is 4.90. The molecule has 0 radical (unpaired) electrons. The van der Waals surface area contributed by atoms with Crippen molar-refractivity contribution in [3.05, 3.63) is 34.5 Å². The van der Waals surface area contributed by atoms with Crippen LogP contribution in [0.5, 0.6) is 0 Å². The summed E-state index contributed by atoms with van der Waals surface area (Å²) in [4.78, 5) is 8.90. The Morgan fingerprint density at radius 3 is 2.74 bits per heavy atom. The Balaban J connectivity index is 2.17. The largest absolute Gasteiger partial charge is 0.370 e. The van der Waals surface area contributed by atoms with E-state index >= 15 is 0 Å². The summed E-state index contributed by atoms with van der Waals surface area (Å²) in [5.74, 6) is 1.59. The Morgan fingerprint density at radius 2 is 2.11 bits per heavy atom. The summed E-state index contributed by atoms with van der Waals surface area (Å²) in [6.45, 7) is 7.39. The summed E-state index contributed by atoms with van der Waals surface area (Å²) in [5.41, 5.74) is 1.76. The quantitative estimate of drug-likeness (QED) is 0.914. The van der Waals surface area contributed by atoms with Gasteiger partial charge in [-0.2, -0.15) is 5.10 Å². The summed E-state index contributed by atoms with van der Waals surface area (Å²) in [5, 5.41) is 8.25. The molecule has 0 saturated heterocycles. The fraction of sp³-hybridized carbons (Fsp3) is 0.462. The van der Waals surface area contributed by atoms with Crippen molar-refractivity contribution >= 4 is 17.4 Å². The molecule has 2 heterocycles. The first kappa shape index (κ1) is 13.8. The lowest BCUT2D eigenvalue weighted by Gasteiger charge is -2.07. The van der Waals surface area contributed by atoms with E-state index in [2.05, 4.69) is 27.3 Å². The molecule has 0 aliphatic rings. The van der Waals surface area contributed by atoms with E-state index in [1.807, 2.05) is 19.9 Å². The van der Waals surface area contributed by atoms with Gasteiger partial charge in [0.25, 0.3) is 0 Å². The molecule has 1 N–H and O–H groups in total. The van der Waals surface area contributed by atoms with Crippen LogP contribution in [0.3, 0.4) is 0 Å². The molecule has 6 heteroatoms. The first-order valence-corrected chi connectivity index (χ1v) is 6.74. The fourth-order valence-electron chi connectivity index (χ4n) is 1.76. The lowest BCUT2D eigenvalue weighted by molar-refractivity contribution is 0.647. The van der Waals surface area contributed by atoms with E-state index in [1.165, 1.54) is 0 Å². The fourth-order valence-corrected chi connectivity index (χ4v) is 1.91. The van der Waals surface area contributed by atoms with E-state index in [9.17, 15) is 0 Å². The summed E-state index contributed by atoms with van der Waals surface area (Å²) >= 11 is 5.99. The zero-order valence-corrected chi connectivity index (χ0v) is 12.2. The van der Waals surface area contributed by atoms with Crippen LogP contribution >= 0.6 is 11.6 Å². The maximum Gasteiger partial charge on any atom is 0.152 e. The number of hydrogen-bond donors (Lipinski definition) is 1. The molecule has 2 aromatic heterocycles. The summed E-state index contributed by atoms with van der Waals surface area (Å²) < 4.78 is 1.76. The highest BCUT2D eigenvalue weighted by Gasteiger charge is 2.06. The predicted molar refractivity (Wildman–Crippen MR) is 76.6 cm³/mol. The van der Waals surface area contributed by atoms with Gasteiger partial charge in [-0.05, 0) is 20.3 Å². The zero-order valence-electron chi connectivity index (χ0n) is 11.4. The van der Waals surface area contributed by atoms with Gasteiger partial charge >= 0.3 is 0 Å². The van der Waals surface area contributed by atoms with Crippen molar-refractivity contribution in [2.75, 3.05) is 11.9 Å². The van der Waals surface area contributed by atoms with Gasteiger partial charge in [0.2, 0.25) is 0 Å². The first-order valence-electron chi connectivity index (χ1n) is 6.36. The minimum absolute atomic E-state index is 0.524. The van der Waals surface area contributed by atoms with Crippen LogP contribution in [0.4, 0.5) is 5.82 Å². The third kappa shape index (κ3) is 3.67. The Kier molecular flexibility index (Phi) is 4.37. The van der Waals surface area contributed by atoms with E-state index in [0.717, 1.165) is 36.0 Å². The van der Waals surface area contributed by atoms with E-state index in [1.54, 1.807) is 10.9 Å². The van der Waals surface area contributed by atoms with Crippen LogP contribution in [-0.2, 0) is 6.54 Å². The third-order valence-electron chi connectivity index (χ3n) is 2.65. The SMILES string of the molecule is CCCNc1cc(C)nc(Cn2cc(Cl)c(C)n2)n1. The molecule has 0 saturated carbocycles. The molecule has 0 fully saturated rings. The number of aryl methyl sites for hydroxylation is 2. The molecule has 0 spiro atoms. The molecule has 19 heavy (non-hydrogen) atoms. The van der Waals surface area contributed by atoms with Crippen LogP contribution in [-0.4, -0.2) is 26.3 Å². The maximum atomic E-state index is 5.99. The van der Waals surface area contributed by atoms with Crippen molar-refractivity contribution in [3.63, 3.8) is 0 Å². The number of nitrogens with one attached hydrogen (secondary N) is 1. The van der Waals surface area contributed by atoms with Gasteiger partial charge < -0.3 is 5.32 Å². The molecule has 102 valence electrons. The molecule has 0 amide bonds. The van der Waals surface area contributed by atoms with Gasteiger partial charge in [0.1, 0.15) is 12.4 Å². The Bertz CT molecular complexity index is 545. The average molecular weight is 280 g/mol. The molecule has 5 nitrogen and oxygen atoms in total. The number of halogens is 1. The van der Waals surface area contributed by atoms with E-state index in [4.69, 9.17) is 11.6 Å². The Labute approximate surface area is 118 Å². The Morgan fingerprint density at radius 1 is 1.32 bits per heavy atom. The van der Waals surface area contributed by atoms with Crippen LogP contribution in [0.15, 0.2) is 12.3 Å². The molecular formula is C13H18ClN5. The van der Waals surface area contributed by atoms with Crippen LogP contribution in [0, 0.1) is 13.8 Å². The zero-order chi connectivity index (χ0) is 13.8. The van der Waals surface area contributed by atoms with Crippen LogP contribution in [0.25, 0.3) is 0 Å². The lowest BCUT2D eigenvalue weighted by atomic mass is 10.4. The van der Waals surface area contributed by atoms with Crippen LogP contribution in [0.1, 0.15) is 30.6 Å². The third-order valence-corrected chi connectivity index (χ3v) is 3.02. The molecule has 2 rings (SSSR count). The van der Waals surface area contributed by atoms with Gasteiger partial charge in [-0.1, -0.05) is 18.5 Å². The standard InChI is InChI=1S/C13H18ClN5/c1-4-5-15-12-6-9(2)16-13(17-12)8-19-7-11(14)10(3)18-19/h6-7H,4-5,8H2,1-3H3,(H,15,16,17). The van der Waals surface area contributed by atoms with Crippen LogP contribution in [0.2, 0.25) is 5.02 Å². The van der Waals surface area contributed by atoms with Gasteiger partial charge in [-0.25, -0.2) is 9.97 Å². The van der Waals surface area contributed by atoms with Gasteiger partial charge in [-0.15, -0.1) is 0 Å². The summed E-state index contributed by atoms with van der Waals surface area (Å²) in [7, 11) is 0. The van der Waals surface area contributed by atoms with Crippen molar-refractivity contribution in [1.82, 2.24) is 19.7 Å². The van der Waals surface area contributed by atoms with Crippen molar-refractivity contribution in [2.45, 2.75) is 33.7 Å². The molecule has 0 bridgehead atoms. The van der Waals surface area contributed by atoms with Crippen molar-refractivity contribution in [1.29, 1.82) is 0 Å². The first-order chi connectivity index (χ1) is 9.08. The minimum atomic E-state index is 0.524. The molecule has 0 aromatic carbocycles. The van der Waals surface area contributed by atoms with E-state index in [0.29, 0.717) is 11.6 Å². The maximum absolute atomic E-state index is 5.99. The monoisotopic (exact) mass is 279 g/mol. The van der Waals surface area contributed by atoms with Crippen molar-refractivity contribution in [3.8, 4) is 0 Å². The topological polar surface area (TPSA) is 55.6 Å². The molecule has 0 atom stereocenters. The molecule has 2 aromatic rings. The number of hydrogen-bond acceptors (Lipinski definition) is 4. The molecular weight excluding hydrogens is 262 g/mol. The average Bonchev–Trinajstić information content (AvgIpc) is 2.65. The highest BCUT2D eigenvalue weighted by Crippen LogP contribution is 2.13. The second-order valence-electron chi connectivity index (χ2n) is 4.50. The highest BCUT2D eigenvalue weighted by molar-refractivity contribution is 6.31. The van der Waals surface area contributed by atoms with E-state index in [-0.39, 0.29) is 0 Å². The number of nitrogens with zero attached hydrogens (tertiary/aromatic N) is 4. The van der Waals surface area contributed by atoms with Gasteiger partial charge in [0.05, 0.1) is 10.7 Å². The Hall–Kier alpha value is -1.62. The van der Waals surface area contributed by atoms with Crippen molar-refractivity contribution < 1.29 is 0 Å². The van der Waals surface area contributed by atoms with E-state index < -0.39 is 0 Å². The number of rotatable bonds is 5. The molecule has 0 aliphatic heterocycles. The van der Waals surface area contributed by atoms with Gasteiger partial charge in [0, 0.05) is 24.5 Å². The predicted octanol–water partition coefficient (Wildman–Crippen LogP) is 2.81. The summed E-state index contributed by atoms with van der Waals surface area (Å²) in [6.07, 6.45) is 2.86. The van der Waals surface area contributed by atoms with Gasteiger partial charge in [-0.3, -0.25) is 4.68 Å². The smallest absolute Gasteiger partial charge is 0.152 e. The second kappa shape index (κ2) is 6.02. The lowest BCUT2D eigenvalue weighted by Crippen LogP contribution is -2.09.